The van der Waals surface area contributed by atoms with Crippen LogP contribution < -0.4 is 0 Å². The molecule has 1 saturated heterocycles. The smallest absolute Gasteiger partial charge is 0.252 e. The van der Waals surface area contributed by atoms with Crippen molar-refractivity contribution < 1.29 is 20.1 Å². The SMILES string of the molecule is O=C1C(O)C(c2ccccc2)C(C(O)CO)N1CCCn1ccnc1. The van der Waals surface area contributed by atoms with E-state index in [2.05, 4.69) is 4.98 Å². The van der Waals surface area contributed by atoms with Gasteiger partial charge in [0.2, 0.25) is 0 Å². The van der Waals surface area contributed by atoms with Gasteiger partial charge in [-0.25, -0.2) is 4.98 Å². The maximum Gasteiger partial charge on any atom is 0.252 e. The average molecular weight is 345 g/mol. The minimum atomic E-state index is -1.22. The Morgan fingerprint density at radius 1 is 1.20 bits per heavy atom. The van der Waals surface area contributed by atoms with E-state index in [0.717, 1.165) is 5.56 Å². The van der Waals surface area contributed by atoms with Crippen molar-refractivity contribution in [2.24, 2.45) is 0 Å². The van der Waals surface area contributed by atoms with Crippen molar-refractivity contribution in [3.05, 3.63) is 54.6 Å². The molecule has 0 bridgehead atoms. The molecule has 1 aromatic heterocycles. The van der Waals surface area contributed by atoms with Crippen LogP contribution in [0.1, 0.15) is 17.9 Å². The van der Waals surface area contributed by atoms with Crippen molar-refractivity contribution in [1.29, 1.82) is 0 Å². The van der Waals surface area contributed by atoms with Gasteiger partial charge in [-0.05, 0) is 12.0 Å². The predicted molar refractivity (Wildman–Crippen MR) is 90.6 cm³/mol. The summed E-state index contributed by atoms with van der Waals surface area (Å²) in [6.07, 6.45) is 3.56. The first-order chi connectivity index (χ1) is 12.1. The van der Waals surface area contributed by atoms with E-state index < -0.39 is 36.7 Å². The van der Waals surface area contributed by atoms with Gasteiger partial charge in [-0.15, -0.1) is 0 Å². The second kappa shape index (κ2) is 7.77. The second-order valence-electron chi connectivity index (χ2n) is 6.31. The maximum absolute atomic E-state index is 12.6. The van der Waals surface area contributed by atoms with E-state index in [1.165, 1.54) is 4.90 Å². The summed E-state index contributed by atoms with van der Waals surface area (Å²) in [5.74, 6) is -0.971. The number of hydrogen-bond acceptors (Lipinski definition) is 5. The molecule has 4 unspecified atom stereocenters. The van der Waals surface area contributed by atoms with Gasteiger partial charge in [0, 0.05) is 31.4 Å². The molecule has 4 atom stereocenters. The van der Waals surface area contributed by atoms with Crippen LogP contribution in [0.5, 0.6) is 0 Å². The molecule has 0 saturated carbocycles. The van der Waals surface area contributed by atoms with Gasteiger partial charge in [-0.3, -0.25) is 4.79 Å². The summed E-state index contributed by atoms with van der Waals surface area (Å²) in [7, 11) is 0. The molecule has 3 N–H and O–H groups in total. The van der Waals surface area contributed by atoms with Crippen LogP contribution in [0.4, 0.5) is 0 Å². The number of carbonyl (C=O) groups excluding carboxylic acids is 1. The molecule has 1 aliphatic heterocycles. The lowest BCUT2D eigenvalue weighted by Crippen LogP contribution is -2.45. The number of amides is 1. The summed E-state index contributed by atoms with van der Waals surface area (Å²) in [6.45, 7) is 0.600. The van der Waals surface area contributed by atoms with Crippen LogP contribution >= 0.6 is 0 Å². The first kappa shape index (κ1) is 17.6. The van der Waals surface area contributed by atoms with E-state index in [4.69, 9.17) is 0 Å². The quantitative estimate of drug-likeness (QED) is 0.655. The molecule has 0 spiro atoms. The molecule has 0 aliphatic carbocycles. The number of carbonyl (C=O) groups is 1. The maximum atomic E-state index is 12.6. The fourth-order valence-corrected chi connectivity index (χ4v) is 3.56. The van der Waals surface area contributed by atoms with Gasteiger partial charge in [0.05, 0.1) is 25.1 Å². The van der Waals surface area contributed by atoms with E-state index >= 15 is 0 Å². The van der Waals surface area contributed by atoms with Gasteiger partial charge in [0.25, 0.3) is 5.91 Å². The van der Waals surface area contributed by atoms with Crippen LogP contribution in [0.25, 0.3) is 0 Å². The van der Waals surface area contributed by atoms with E-state index in [1.54, 1.807) is 12.5 Å². The molecular formula is C18H23N3O4. The van der Waals surface area contributed by atoms with Crippen molar-refractivity contribution >= 4 is 5.91 Å². The van der Waals surface area contributed by atoms with Crippen LogP contribution in [0.3, 0.4) is 0 Å². The number of aliphatic hydroxyl groups excluding tert-OH is 3. The molecule has 0 radical (unpaired) electrons. The summed E-state index contributed by atoms with van der Waals surface area (Å²) in [5.41, 5.74) is 0.776. The van der Waals surface area contributed by atoms with Gasteiger partial charge in [0.15, 0.2) is 0 Å². The molecule has 3 rings (SSSR count). The zero-order valence-electron chi connectivity index (χ0n) is 13.8. The number of imidazole rings is 1. The Labute approximate surface area is 146 Å². The van der Waals surface area contributed by atoms with Crippen LogP contribution in [-0.2, 0) is 11.3 Å². The van der Waals surface area contributed by atoms with Gasteiger partial charge in [-0.2, -0.15) is 0 Å². The molecule has 2 heterocycles. The number of aryl methyl sites for hydroxylation is 1. The minimum absolute atomic E-state index is 0.388. The van der Waals surface area contributed by atoms with Crippen molar-refractivity contribution in [3.63, 3.8) is 0 Å². The third-order valence-corrected chi connectivity index (χ3v) is 4.74. The molecule has 1 aliphatic rings. The summed E-state index contributed by atoms with van der Waals surface area (Å²) in [4.78, 5) is 18.1. The fourth-order valence-electron chi connectivity index (χ4n) is 3.56. The van der Waals surface area contributed by atoms with E-state index in [9.17, 15) is 20.1 Å². The predicted octanol–water partition coefficient (Wildman–Crippen LogP) is -0.0181. The van der Waals surface area contributed by atoms with E-state index in [-0.39, 0.29) is 0 Å². The Bertz CT molecular complexity index is 677. The molecule has 1 aromatic carbocycles. The number of nitrogens with zero attached hydrogens (tertiary/aromatic N) is 3. The number of hydrogen-bond donors (Lipinski definition) is 3. The van der Waals surface area contributed by atoms with Gasteiger partial charge in [0.1, 0.15) is 6.10 Å². The lowest BCUT2D eigenvalue weighted by molar-refractivity contribution is -0.136. The number of rotatable bonds is 7. The largest absolute Gasteiger partial charge is 0.394 e. The summed E-state index contributed by atoms with van der Waals surface area (Å²) < 4.78 is 1.91. The zero-order chi connectivity index (χ0) is 17.8. The van der Waals surface area contributed by atoms with Crippen molar-refractivity contribution in [1.82, 2.24) is 14.5 Å². The lowest BCUT2D eigenvalue weighted by Gasteiger charge is -2.31. The molecule has 25 heavy (non-hydrogen) atoms. The fraction of sp³-hybridized carbons (Fsp3) is 0.444. The normalized spacial score (nSPS) is 24.7. The Morgan fingerprint density at radius 3 is 2.60 bits per heavy atom. The summed E-state index contributed by atoms with van der Waals surface area (Å²) in [6, 6.07) is 8.51. The topological polar surface area (TPSA) is 98.8 Å². The van der Waals surface area contributed by atoms with Crippen molar-refractivity contribution in [2.75, 3.05) is 13.2 Å². The average Bonchev–Trinajstić information content (AvgIpc) is 3.24. The molecule has 7 nitrogen and oxygen atoms in total. The highest BCUT2D eigenvalue weighted by Gasteiger charge is 2.50. The Hall–Kier alpha value is -2.22. The Morgan fingerprint density at radius 2 is 1.96 bits per heavy atom. The first-order valence-corrected chi connectivity index (χ1v) is 8.41. The number of likely N-dealkylation sites (tertiary alicyclic amines) is 1. The molecule has 1 fully saturated rings. The third-order valence-electron chi connectivity index (χ3n) is 4.74. The lowest BCUT2D eigenvalue weighted by atomic mass is 9.87. The van der Waals surface area contributed by atoms with Crippen LogP contribution in [0, 0.1) is 0 Å². The third kappa shape index (κ3) is 3.58. The monoisotopic (exact) mass is 345 g/mol. The van der Waals surface area contributed by atoms with Crippen LogP contribution in [0.15, 0.2) is 49.1 Å². The number of benzene rings is 1. The zero-order valence-corrected chi connectivity index (χ0v) is 13.8. The molecule has 134 valence electrons. The molecular weight excluding hydrogens is 322 g/mol. The number of aliphatic hydroxyl groups is 3. The molecule has 7 heteroatoms. The van der Waals surface area contributed by atoms with E-state index in [1.807, 2.05) is 41.1 Å². The van der Waals surface area contributed by atoms with Gasteiger partial charge in [-0.1, -0.05) is 30.3 Å². The van der Waals surface area contributed by atoms with Crippen LogP contribution in [0.2, 0.25) is 0 Å². The standard InChI is InChI=1S/C18H23N3O4/c22-11-14(23)16-15(13-5-2-1-3-6-13)17(24)18(25)21(16)9-4-8-20-10-7-19-12-20/h1-3,5-7,10,12,14-17,22-24H,4,8-9,11H2. The van der Waals surface area contributed by atoms with Crippen LogP contribution in [-0.4, -0.2) is 67.1 Å². The first-order valence-electron chi connectivity index (χ1n) is 8.41. The molecule has 2 aromatic rings. The highest BCUT2D eigenvalue weighted by molar-refractivity contribution is 5.85. The second-order valence-corrected chi connectivity index (χ2v) is 6.31. The summed E-state index contributed by atoms with van der Waals surface area (Å²) in [5, 5.41) is 30.2. The highest BCUT2D eigenvalue weighted by Crippen LogP contribution is 2.36. The van der Waals surface area contributed by atoms with Gasteiger partial charge < -0.3 is 24.8 Å². The van der Waals surface area contributed by atoms with Crippen molar-refractivity contribution in [2.45, 2.75) is 37.1 Å². The minimum Gasteiger partial charge on any atom is -0.394 e. The Balaban J connectivity index is 1.79. The Kier molecular flexibility index (Phi) is 5.47. The van der Waals surface area contributed by atoms with Gasteiger partial charge >= 0.3 is 0 Å². The highest BCUT2D eigenvalue weighted by atomic mass is 16.3. The molecule has 1 amide bonds. The summed E-state index contributed by atoms with van der Waals surface area (Å²) >= 11 is 0. The number of aromatic nitrogens is 2. The van der Waals surface area contributed by atoms with E-state index in [0.29, 0.717) is 19.5 Å². The van der Waals surface area contributed by atoms with Crippen molar-refractivity contribution in [3.8, 4) is 0 Å².